The summed E-state index contributed by atoms with van der Waals surface area (Å²) >= 11 is 0. The van der Waals surface area contributed by atoms with Gasteiger partial charge in [0.25, 0.3) is 0 Å². The lowest BCUT2D eigenvalue weighted by Gasteiger charge is -2.33. The van der Waals surface area contributed by atoms with E-state index in [0.29, 0.717) is 5.71 Å². The molecule has 0 atom stereocenters. The normalized spacial score (nSPS) is 12.7. The number of hydrogen-bond donors (Lipinski definition) is 1. The lowest BCUT2D eigenvalue weighted by Crippen LogP contribution is -2.15. The average Bonchev–Trinajstić information content (AvgIpc) is 3.64. The van der Waals surface area contributed by atoms with Gasteiger partial charge in [0.1, 0.15) is 0 Å². The van der Waals surface area contributed by atoms with Crippen molar-refractivity contribution in [3.63, 3.8) is 0 Å². The molecule has 1 aliphatic heterocycles. The smallest absolute Gasteiger partial charge is 0.152 e. The van der Waals surface area contributed by atoms with E-state index in [1.54, 1.807) is 0 Å². The molecule has 1 N–H and O–H groups in total. The van der Waals surface area contributed by atoms with Gasteiger partial charge in [-0.3, -0.25) is 10.4 Å². The van der Waals surface area contributed by atoms with Crippen molar-refractivity contribution >= 4 is 67.3 Å². The van der Waals surface area contributed by atoms with Crippen LogP contribution in [0.3, 0.4) is 0 Å². The fourth-order valence-corrected chi connectivity index (χ4v) is 8.45. The van der Waals surface area contributed by atoms with Crippen LogP contribution in [0.15, 0.2) is 205 Å². The quantitative estimate of drug-likeness (QED) is 0.117. The lowest BCUT2D eigenvalue weighted by atomic mass is 9.98. The van der Waals surface area contributed by atoms with E-state index in [0.717, 1.165) is 85.2 Å². The second-order valence-corrected chi connectivity index (χ2v) is 15.0. The number of fused-ring (bicyclic) bond motifs is 7. The zero-order chi connectivity index (χ0) is 40.6. The molecule has 0 radical (unpaired) electrons. The fourth-order valence-electron chi connectivity index (χ4n) is 8.45. The van der Waals surface area contributed by atoms with Gasteiger partial charge in [0.2, 0.25) is 0 Å². The molecule has 60 heavy (non-hydrogen) atoms. The van der Waals surface area contributed by atoms with Crippen LogP contribution in [0.25, 0.3) is 49.4 Å². The summed E-state index contributed by atoms with van der Waals surface area (Å²) in [6.45, 7) is 4.07. The van der Waals surface area contributed by atoms with Crippen LogP contribution in [-0.2, 0) is 0 Å². The van der Waals surface area contributed by atoms with Crippen molar-refractivity contribution in [3.8, 4) is 28.3 Å². The minimum Gasteiger partial charge on any atom is -0.453 e. The molecule has 0 amide bonds. The van der Waals surface area contributed by atoms with Gasteiger partial charge in [-0.05, 0) is 119 Å². The lowest BCUT2D eigenvalue weighted by molar-refractivity contribution is 0.477. The van der Waals surface area contributed by atoms with Gasteiger partial charge in [-0.2, -0.15) is 0 Å². The highest BCUT2D eigenvalue weighted by Gasteiger charge is 2.26. The Morgan fingerprint density at radius 1 is 0.633 bits per heavy atom. The van der Waals surface area contributed by atoms with Crippen LogP contribution < -0.4 is 9.64 Å². The van der Waals surface area contributed by atoms with E-state index >= 15 is 0 Å². The fraction of sp³-hybridized carbons (Fsp3) is 0.0545. The molecular weight excluding hydrogens is 733 g/mol. The molecule has 8 aromatic carbocycles. The maximum atomic E-state index is 8.95. The van der Waals surface area contributed by atoms with Gasteiger partial charge in [-0.25, -0.2) is 0 Å². The third-order valence-electron chi connectivity index (χ3n) is 11.4. The number of ether oxygens (including phenoxy) is 1. The summed E-state index contributed by atoms with van der Waals surface area (Å²) in [4.78, 5) is 7.16. The largest absolute Gasteiger partial charge is 0.453 e. The molecular formula is C55H42N4O. The minimum atomic E-state index is 0.501. The standard InChI is InChI=1S/C55H42N4O/c1-3-5-15-38(4-2)55(56)45-20-11-12-21-47(45)57-36-37-24-29-43(30-25-37)58-48-31-27-40(34-46(48)54-44-19-10-9-16-39(44)26-33-51(54)58)41-28-32-50-53(35-41)60-52-23-14-13-22-49(52)59(50)42-17-7-6-8-18-42/h3,5-36,56H,4H2,1-2H3/b5-3-,38-15+,56-55?,57-36+. The number of rotatable bonds is 9. The van der Waals surface area contributed by atoms with Gasteiger partial charge in [0, 0.05) is 33.9 Å². The minimum absolute atomic E-state index is 0.501. The molecule has 10 rings (SSSR count). The second-order valence-electron chi connectivity index (χ2n) is 15.0. The van der Waals surface area contributed by atoms with E-state index < -0.39 is 0 Å². The molecule has 0 saturated heterocycles. The Kier molecular flexibility index (Phi) is 9.47. The molecule has 2 heterocycles. The summed E-state index contributed by atoms with van der Waals surface area (Å²) in [5.74, 6) is 1.65. The Balaban J connectivity index is 1.04. The van der Waals surface area contributed by atoms with Crippen molar-refractivity contribution in [2.45, 2.75) is 20.3 Å². The summed E-state index contributed by atoms with van der Waals surface area (Å²) in [7, 11) is 0. The van der Waals surface area contributed by atoms with E-state index in [1.165, 1.54) is 21.5 Å². The molecule has 0 aliphatic carbocycles. The number of anilines is 3. The molecule has 288 valence electrons. The van der Waals surface area contributed by atoms with Crippen LogP contribution in [-0.4, -0.2) is 16.5 Å². The first-order valence-electron chi connectivity index (χ1n) is 20.5. The SMILES string of the molecule is C/C=C\C=C(/CC)C(=N)c1ccccc1/N=C/c1ccc(-n2c3ccc(-c4ccc5c(c4)Oc4ccccc4N5c4ccccc4)cc3c3c4ccccc4ccc32)cc1. The number of hydrogen-bond acceptors (Lipinski definition) is 4. The van der Waals surface area contributed by atoms with Gasteiger partial charge < -0.3 is 14.2 Å². The highest BCUT2D eigenvalue weighted by atomic mass is 16.5. The molecule has 5 nitrogen and oxygen atoms in total. The molecule has 1 aliphatic rings. The van der Waals surface area contributed by atoms with E-state index in [2.05, 4.69) is 150 Å². The van der Waals surface area contributed by atoms with E-state index in [4.69, 9.17) is 15.1 Å². The third kappa shape index (κ3) is 6.47. The summed E-state index contributed by atoms with van der Waals surface area (Å²) in [6.07, 6.45) is 8.66. The zero-order valence-electron chi connectivity index (χ0n) is 33.5. The van der Waals surface area contributed by atoms with Crippen LogP contribution in [0.4, 0.5) is 22.7 Å². The summed E-state index contributed by atoms with van der Waals surface area (Å²) < 4.78 is 8.96. The molecule has 0 saturated carbocycles. The number of aromatic nitrogens is 1. The van der Waals surface area contributed by atoms with Crippen molar-refractivity contribution in [1.29, 1.82) is 5.41 Å². The number of nitrogens with zero attached hydrogens (tertiary/aromatic N) is 3. The average molecular weight is 775 g/mol. The molecule has 0 fully saturated rings. The van der Waals surface area contributed by atoms with Crippen molar-refractivity contribution in [2.24, 2.45) is 4.99 Å². The van der Waals surface area contributed by atoms with Gasteiger partial charge >= 0.3 is 0 Å². The van der Waals surface area contributed by atoms with Gasteiger partial charge in [-0.15, -0.1) is 0 Å². The molecule has 1 aromatic heterocycles. The van der Waals surface area contributed by atoms with Crippen LogP contribution in [0, 0.1) is 5.41 Å². The van der Waals surface area contributed by atoms with Crippen LogP contribution in [0.1, 0.15) is 31.4 Å². The molecule has 0 spiro atoms. The number of benzene rings is 8. The van der Waals surface area contributed by atoms with E-state index in [1.807, 2.05) is 73.8 Å². The zero-order valence-corrected chi connectivity index (χ0v) is 33.5. The highest BCUT2D eigenvalue weighted by Crippen LogP contribution is 2.51. The third-order valence-corrected chi connectivity index (χ3v) is 11.4. The molecule has 9 aromatic rings. The number of nitrogens with one attached hydrogen (secondary N) is 1. The van der Waals surface area contributed by atoms with Crippen LogP contribution >= 0.6 is 0 Å². The van der Waals surface area contributed by atoms with Gasteiger partial charge in [0.05, 0.1) is 33.8 Å². The van der Waals surface area contributed by atoms with E-state index in [-0.39, 0.29) is 0 Å². The van der Waals surface area contributed by atoms with E-state index in [9.17, 15) is 0 Å². The first kappa shape index (κ1) is 36.6. The Bertz CT molecular complexity index is 3190. The Morgan fingerprint density at radius 3 is 2.20 bits per heavy atom. The highest BCUT2D eigenvalue weighted by molar-refractivity contribution is 6.22. The summed E-state index contributed by atoms with van der Waals surface area (Å²) in [5, 5.41) is 13.8. The summed E-state index contributed by atoms with van der Waals surface area (Å²) in [6, 6.07) is 61.6. The second kappa shape index (κ2) is 15.5. The number of allylic oxidation sites excluding steroid dienone is 4. The van der Waals surface area contributed by atoms with Crippen molar-refractivity contribution in [2.75, 3.05) is 4.90 Å². The molecule has 0 bridgehead atoms. The number of aliphatic imine (C=N–C) groups is 1. The predicted molar refractivity (Wildman–Crippen MR) is 252 cm³/mol. The van der Waals surface area contributed by atoms with Gasteiger partial charge in [-0.1, -0.05) is 128 Å². The van der Waals surface area contributed by atoms with Crippen molar-refractivity contribution in [1.82, 2.24) is 4.57 Å². The maximum absolute atomic E-state index is 8.95. The van der Waals surface area contributed by atoms with Crippen LogP contribution in [0.5, 0.6) is 11.5 Å². The monoisotopic (exact) mass is 774 g/mol. The number of para-hydroxylation sites is 4. The maximum Gasteiger partial charge on any atom is 0.152 e. The van der Waals surface area contributed by atoms with Crippen LogP contribution in [0.2, 0.25) is 0 Å². The van der Waals surface area contributed by atoms with Crippen molar-refractivity contribution < 1.29 is 4.74 Å². The van der Waals surface area contributed by atoms with Gasteiger partial charge in [0.15, 0.2) is 11.5 Å². The topological polar surface area (TPSA) is 53.6 Å². The molecule has 0 unspecified atom stereocenters. The first-order chi connectivity index (χ1) is 29.6. The Labute approximate surface area is 350 Å². The molecule has 5 heteroatoms. The Hall–Kier alpha value is -7.76. The Morgan fingerprint density at radius 2 is 1.35 bits per heavy atom. The first-order valence-corrected chi connectivity index (χ1v) is 20.5. The predicted octanol–water partition coefficient (Wildman–Crippen LogP) is 15.2. The summed E-state index contributed by atoms with van der Waals surface area (Å²) in [5.41, 5.74) is 12.7. The van der Waals surface area contributed by atoms with Crippen molar-refractivity contribution in [3.05, 3.63) is 211 Å².